The van der Waals surface area contributed by atoms with E-state index in [1.165, 1.54) is 12.1 Å². The lowest BCUT2D eigenvalue weighted by Gasteiger charge is -2.27. The fourth-order valence-electron chi connectivity index (χ4n) is 6.26. The molecule has 0 saturated heterocycles. The number of ketones is 1. The zero-order valence-electron chi connectivity index (χ0n) is 25.7. The molecule has 3 aromatic heterocycles. The monoisotopic (exact) mass is 600 g/mol. The van der Waals surface area contributed by atoms with E-state index in [1.807, 2.05) is 42.0 Å². The summed E-state index contributed by atoms with van der Waals surface area (Å²) in [6, 6.07) is 19.2. The Morgan fingerprint density at radius 3 is 2.69 bits per heavy atom. The highest BCUT2D eigenvalue weighted by molar-refractivity contribution is 6.10. The molecule has 2 aromatic carbocycles. The van der Waals surface area contributed by atoms with Crippen molar-refractivity contribution in [2.45, 2.75) is 44.8 Å². The second kappa shape index (κ2) is 12.9. The number of benzene rings is 2. The van der Waals surface area contributed by atoms with Gasteiger partial charge in [0.05, 0.1) is 34.1 Å². The van der Waals surface area contributed by atoms with Gasteiger partial charge in [0.15, 0.2) is 0 Å². The number of aryl methyl sites for hydroxylation is 2. The van der Waals surface area contributed by atoms with Gasteiger partial charge in [-0.2, -0.15) is 10.4 Å². The van der Waals surface area contributed by atoms with Gasteiger partial charge in [-0.25, -0.2) is 0 Å². The van der Waals surface area contributed by atoms with Crippen molar-refractivity contribution in [1.82, 2.24) is 19.5 Å². The molecule has 6 rings (SSSR count). The number of fused-ring (bicyclic) bond motifs is 2. The number of hydrogen-bond donors (Lipinski definition) is 2. The SMILES string of the molecule is CO[C@H]1CC[C@H](NC/C=C/C(=O)Nc2ccc(C(=O)c3ccc4c(-c5cc6nn(C)cc6cc5C)cccn34)cc2C#N)CC1. The van der Waals surface area contributed by atoms with Gasteiger partial charge in [0.1, 0.15) is 6.07 Å². The van der Waals surface area contributed by atoms with Gasteiger partial charge in [0.2, 0.25) is 11.7 Å². The summed E-state index contributed by atoms with van der Waals surface area (Å²) < 4.78 is 9.11. The average Bonchev–Trinajstić information content (AvgIpc) is 3.65. The van der Waals surface area contributed by atoms with Crippen molar-refractivity contribution in [3.63, 3.8) is 0 Å². The standard InChI is InChI=1S/C36H36N6O3/c1-23-18-26-22-41(2)40-32(26)20-30(23)29-6-5-17-42-33(29)14-15-34(42)36(44)24-8-13-31(25(19-24)21-37)39-35(43)7-4-16-38-27-9-11-28(45-3)12-10-27/h4-8,13-15,17-20,22,27-28,38H,9-12,16H2,1-3H3,(H,39,43)/b7-4+/t27-,28-. The summed E-state index contributed by atoms with van der Waals surface area (Å²) in [5.41, 5.74) is 6.39. The highest BCUT2D eigenvalue weighted by Crippen LogP contribution is 2.32. The molecule has 5 aromatic rings. The van der Waals surface area contributed by atoms with Crippen LogP contribution in [0.3, 0.4) is 0 Å². The van der Waals surface area contributed by atoms with Crippen molar-refractivity contribution in [2.24, 2.45) is 7.05 Å². The van der Waals surface area contributed by atoms with Crippen LogP contribution in [0.5, 0.6) is 0 Å². The number of hydrogen-bond acceptors (Lipinski definition) is 6. The topological polar surface area (TPSA) is 113 Å². The molecule has 9 heteroatoms. The number of amides is 1. The molecule has 1 aliphatic rings. The van der Waals surface area contributed by atoms with Gasteiger partial charge in [0.25, 0.3) is 0 Å². The fourth-order valence-corrected chi connectivity index (χ4v) is 6.26. The van der Waals surface area contributed by atoms with Crippen molar-refractivity contribution in [3.8, 4) is 17.2 Å². The Morgan fingerprint density at radius 1 is 1.09 bits per heavy atom. The van der Waals surface area contributed by atoms with Crippen LogP contribution in [0.4, 0.5) is 5.69 Å². The fraction of sp³-hybridized carbons (Fsp3) is 0.278. The van der Waals surface area contributed by atoms with Crippen molar-refractivity contribution in [2.75, 3.05) is 19.0 Å². The largest absolute Gasteiger partial charge is 0.381 e. The van der Waals surface area contributed by atoms with E-state index in [0.717, 1.165) is 58.8 Å². The molecule has 2 N–H and O–H groups in total. The van der Waals surface area contributed by atoms with Crippen LogP contribution in [-0.2, 0) is 16.6 Å². The lowest BCUT2D eigenvalue weighted by atomic mass is 9.93. The van der Waals surface area contributed by atoms with Crippen molar-refractivity contribution >= 4 is 33.8 Å². The maximum Gasteiger partial charge on any atom is 0.248 e. The maximum absolute atomic E-state index is 13.7. The van der Waals surface area contributed by atoms with Crippen molar-refractivity contribution in [3.05, 3.63) is 102 Å². The number of nitrogens with one attached hydrogen (secondary N) is 2. The first-order chi connectivity index (χ1) is 21.8. The quantitative estimate of drug-likeness (QED) is 0.160. The highest BCUT2D eigenvalue weighted by atomic mass is 16.5. The van der Waals surface area contributed by atoms with Gasteiger partial charge in [-0.1, -0.05) is 12.1 Å². The summed E-state index contributed by atoms with van der Waals surface area (Å²) in [6.45, 7) is 2.66. The van der Waals surface area contributed by atoms with E-state index in [1.54, 1.807) is 36.1 Å². The molecule has 9 nitrogen and oxygen atoms in total. The molecule has 228 valence electrons. The summed E-state index contributed by atoms with van der Waals surface area (Å²) in [4.78, 5) is 26.3. The molecule has 0 aliphatic heterocycles. The van der Waals surface area contributed by atoms with Crippen molar-refractivity contribution < 1.29 is 14.3 Å². The van der Waals surface area contributed by atoms with E-state index < -0.39 is 0 Å². The summed E-state index contributed by atoms with van der Waals surface area (Å²) in [5.74, 6) is -0.552. The first-order valence-corrected chi connectivity index (χ1v) is 15.2. The third-order valence-corrected chi connectivity index (χ3v) is 8.64. The van der Waals surface area contributed by atoms with Crippen LogP contribution in [0.15, 0.2) is 79.1 Å². The molecule has 1 aliphatic carbocycles. The molecule has 0 bridgehead atoms. The predicted octanol–water partition coefficient (Wildman–Crippen LogP) is 5.95. The Labute approximate surface area is 262 Å². The number of carbonyl (C=O) groups excluding carboxylic acids is 2. The van der Waals surface area contributed by atoms with Gasteiger partial charge >= 0.3 is 0 Å². The number of rotatable bonds is 9. The smallest absolute Gasteiger partial charge is 0.248 e. The zero-order valence-corrected chi connectivity index (χ0v) is 25.7. The van der Waals surface area contributed by atoms with Crippen LogP contribution in [0.25, 0.3) is 27.5 Å². The van der Waals surface area contributed by atoms with E-state index in [0.29, 0.717) is 35.6 Å². The molecule has 0 radical (unpaired) electrons. The Hall–Kier alpha value is -5.04. The number of ether oxygens (including phenoxy) is 1. The normalized spacial score (nSPS) is 16.8. The van der Waals surface area contributed by atoms with Crippen LogP contribution in [0.2, 0.25) is 0 Å². The Morgan fingerprint density at radius 2 is 1.91 bits per heavy atom. The second-order valence-electron chi connectivity index (χ2n) is 11.6. The minimum atomic E-state index is -0.334. The average molecular weight is 601 g/mol. The van der Waals surface area contributed by atoms with Gasteiger partial charge < -0.3 is 19.8 Å². The molecule has 1 saturated carbocycles. The van der Waals surface area contributed by atoms with Crippen LogP contribution >= 0.6 is 0 Å². The molecule has 3 heterocycles. The third-order valence-electron chi connectivity index (χ3n) is 8.64. The van der Waals surface area contributed by atoms with E-state index in [-0.39, 0.29) is 17.3 Å². The van der Waals surface area contributed by atoms with Crippen LogP contribution in [-0.4, -0.2) is 51.7 Å². The maximum atomic E-state index is 13.7. The minimum Gasteiger partial charge on any atom is -0.381 e. The minimum absolute atomic E-state index is 0.219. The number of nitriles is 1. The molecular formula is C36H36N6O3. The number of methoxy groups -OCH3 is 1. The second-order valence-corrected chi connectivity index (χ2v) is 11.6. The van der Waals surface area contributed by atoms with Gasteiger partial charge in [-0.05, 0) is 92.3 Å². The summed E-state index contributed by atoms with van der Waals surface area (Å²) in [6.07, 6.45) is 11.6. The predicted molar refractivity (Wildman–Crippen MR) is 175 cm³/mol. The van der Waals surface area contributed by atoms with E-state index in [4.69, 9.17) is 4.74 Å². The first-order valence-electron chi connectivity index (χ1n) is 15.2. The van der Waals surface area contributed by atoms with Crippen molar-refractivity contribution in [1.29, 1.82) is 5.26 Å². The number of aromatic nitrogens is 3. The summed E-state index contributed by atoms with van der Waals surface area (Å²) in [5, 5.41) is 21.7. The van der Waals surface area contributed by atoms with E-state index in [9.17, 15) is 14.9 Å². The Bertz CT molecular complexity index is 1970. The molecule has 45 heavy (non-hydrogen) atoms. The van der Waals surface area contributed by atoms with E-state index in [2.05, 4.69) is 40.9 Å². The number of pyridine rings is 1. The van der Waals surface area contributed by atoms with Crippen LogP contribution in [0, 0.1) is 18.3 Å². The van der Waals surface area contributed by atoms with Crippen LogP contribution in [0.1, 0.15) is 52.9 Å². The molecule has 1 fully saturated rings. The Balaban J connectivity index is 1.16. The van der Waals surface area contributed by atoms with Gasteiger partial charge in [-0.3, -0.25) is 14.3 Å². The lowest BCUT2D eigenvalue weighted by molar-refractivity contribution is -0.111. The number of anilines is 1. The third kappa shape index (κ3) is 6.29. The number of carbonyl (C=O) groups is 2. The zero-order chi connectivity index (χ0) is 31.5. The first kappa shape index (κ1) is 30.0. The molecule has 0 atom stereocenters. The lowest BCUT2D eigenvalue weighted by Crippen LogP contribution is -2.35. The molecule has 0 unspecified atom stereocenters. The molecule has 0 spiro atoms. The highest BCUT2D eigenvalue weighted by Gasteiger charge is 2.20. The van der Waals surface area contributed by atoms with E-state index >= 15 is 0 Å². The summed E-state index contributed by atoms with van der Waals surface area (Å²) in [7, 11) is 3.67. The molecular weight excluding hydrogens is 564 g/mol. The van der Waals surface area contributed by atoms with Gasteiger partial charge in [-0.15, -0.1) is 0 Å². The van der Waals surface area contributed by atoms with Crippen LogP contribution < -0.4 is 10.6 Å². The Kier molecular flexibility index (Phi) is 8.60. The molecule has 1 amide bonds. The summed E-state index contributed by atoms with van der Waals surface area (Å²) >= 11 is 0. The number of nitrogens with zero attached hydrogens (tertiary/aromatic N) is 4. The van der Waals surface area contributed by atoms with Gasteiger partial charge in [0, 0.05) is 61.7 Å².